The molecule has 3 heteroatoms. The van der Waals surface area contributed by atoms with E-state index in [1.54, 1.807) is 19.9 Å². The van der Waals surface area contributed by atoms with Gasteiger partial charge in [-0.15, -0.1) is 0 Å². The highest BCUT2D eigenvalue weighted by molar-refractivity contribution is 6.31. The molecule has 1 N–H and O–H groups in total. The summed E-state index contributed by atoms with van der Waals surface area (Å²) in [6.45, 7) is 3.44. The Balaban J connectivity index is 0.000000444. The lowest BCUT2D eigenvalue weighted by molar-refractivity contribution is 0.0993. The zero-order valence-electron chi connectivity index (χ0n) is 11.7. The first-order valence-corrected chi connectivity index (χ1v) is 6.88. The van der Waals surface area contributed by atoms with Crippen LogP contribution < -0.4 is 0 Å². The molecule has 0 spiro atoms. The Morgan fingerprint density at radius 2 is 1.55 bits per heavy atom. The second-order valence-electron chi connectivity index (χ2n) is 4.65. The number of benzene rings is 2. The van der Waals surface area contributed by atoms with E-state index in [1.165, 1.54) is 0 Å². The van der Waals surface area contributed by atoms with Crippen molar-refractivity contribution in [2.45, 2.75) is 26.4 Å². The third-order valence-electron chi connectivity index (χ3n) is 2.40. The quantitative estimate of drug-likeness (QED) is 0.862. The van der Waals surface area contributed by atoms with E-state index in [1.807, 2.05) is 48.5 Å². The van der Waals surface area contributed by atoms with Gasteiger partial charge in [-0.05, 0) is 25.5 Å². The number of Topliss-reactive ketones (excluding diaryl/α,β-unsaturated/α-hetero) is 1. The van der Waals surface area contributed by atoms with Crippen molar-refractivity contribution in [1.29, 1.82) is 0 Å². The van der Waals surface area contributed by atoms with Crippen molar-refractivity contribution in [2.75, 3.05) is 0 Å². The van der Waals surface area contributed by atoms with E-state index in [2.05, 4.69) is 0 Å². The van der Waals surface area contributed by atoms with Gasteiger partial charge in [0.2, 0.25) is 0 Å². The van der Waals surface area contributed by atoms with Gasteiger partial charge in [0.25, 0.3) is 0 Å². The minimum Gasteiger partial charge on any atom is -0.394 e. The third-order valence-corrected chi connectivity index (χ3v) is 2.77. The van der Waals surface area contributed by atoms with Crippen LogP contribution in [0.5, 0.6) is 0 Å². The number of aliphatic hydroxyl groups excluding tert-OH is 1. The summed E-state index contributed by atoms with van der Waals surface area (Å²) in [5.74, 6) is 0.0914. The van der Waals surface area contributed by atoms with Crippen LogP contribution in [0.3, 0.4) is 0 Å². The smallest absolute Gasteiger partial charge is 0.167 e. The molecular formula is C17H19ClO2. The number of hydrogen-bond donors (Lipinski definition) is 1. The largest absolute Gasteiger partial charge is 0.394 e. The summed E-state index contributed by atoms with van der Waals surface area (Å²) < 4.78 is 0. The molecule has 0 fully saturated rings. The maximum absolute atomic E-state index is 11.9. The van der Waals surface area contributed by atoms with Crippen LogP contribution in [0.2, 0.25) is 5.02 Å². The lowest BCUT2D eigenvalue weighted by Gasteiger charge is -2.03. The Morgan fingerprint density at radius 1 is 1.05 bits per heavy atom. The number of halogens is 1. The van der Waals surface area contributed by atoms with Gasteiger partial charge in [-0.1, -0.05) is 60.1 Å². The molecule has 0 unspecified atom stereocenters. The topological polar surface area (TPSA) is 37.3 Å². The van der Waals surface area contributed by atoms with Gasteiger partial charge in [0.1, 0.15) is 0 Å². The summed E-state index contributed by atoms with van der Waals surface area (Å²) in [6, 6.07) is 16.7. The molecule has 0 aliphatic heterocycles. The number of carbonyl (C=O) groups is 1. The molecule has 106 valence electrons. The first-order chi connectivity index (χ1) is 9.50. The number of rotatable bonds is 3. The first-order valence-electron chi connectivity index (χ1n) is 6.50. The normalized spacial score (nSPS) is 9.85. The fraction of sp³-hybridized carbons (Fsp3) is 0.235. The minimum atomic E-state index is -0.167. The van der Waals surface area contributed by atoms with Crippen LogP contribution in [-0.4, -0.2) is 17.0 Å². The molecule has 0 saturated heterocycles. The molecule has 20 heavy (non-hydrogen) atoms. The van der Waals surface area contributed by atoms with E-state index in [-0.39, 0.29) is 11.9 Å². The van der Waals surface area contributed by atoms with Crippen LogP contribution in [0.25, 0.3) is 0 Å². The van der Waals surface area contributed by atoms with Crippen molar-refractivity contribution in [3.05, 3.63) is 70.7 Å². The fourth-order valence-corrected chi connectivity index (χ4v) is 1.74. The Hall–Kier alpha value is -1.64. The number of ketones is 1. The predicted octanol–water partition coefficient (Wildman–Crippen LogP) is 4.15. The Kier molecular flexibility index (Phi) is 6.99. The highest BCUT2D eigenvalue weighted by Gasteiger charge is 2.08. The summed E-state index contributed by atoms with van der Waals surface area (Å²) >= 11 is 6.00. The van der Waals surface area contributed by atoms with Crippen molar-refractivity contribution in [3.8, 4) is 0 Å². The van der Waals surface area contributed by atoms with E-state index in [9.17, 15) is 4.79 Å². The van der Waals surface area contributed by atoms with Crippen molar-refractivity contribution >= 4 is 17.4 Å². The van der Waals surface area contributed by atoms with E-state index < -0.39 is 0 Å². The lowest BCUT2D eigenvalue weighted by atomic mass is 10.0. The molecule has 0 aliphatic carbocycles. The average Bonchev–Trinajstić information content (AvgIpc) is 2.42. The average molecular weight is 291 g/mol. The second-order valence-corrected chi connectivity index (χ2v) is 5.06. The standard InChI is InChI=1S/C14H11ClO.C3H8O/c15-13-9-5-4-8-12(13)10-14(16)11-6-2-1-3-7-11;1-3(2)4/h1-9H,10H2;3-4H,1-2H3. The Morgan fingerprint density at radius 3 is 2.10 bits per heavy atom. The summed E-state index contributed by atoms with van der Waals surface area (Å²) in [7, 11) is 0. The zero-order chi connectivity index (χ0) is 15.0. The van der Waals surface area contributed by atoms with E-state index in [0.717, 1.165) is 11.1 Å². The predicted molar refractivity (Wildman–Crippen MR) is 83.3 cm³/mol. The molecule has 0 aromatic heterocycles. The van der Waals surface area contributed by atoms with Gasteiger partial charge in [-0.2, -0.15) is 0 Å². The van der Waals surface area contributed by atoms with E-state index in [0.29, 0.717) is 11.4 Å². The lowest BCUT2D eigenvalue weighted by Crippen LogP contribution is -2.03. The SMILES string of the molecule is CC(C)O.O=C(Cc1ccccc1Cl)c1ccccc1. The first kappa shape index (κ1) is 16.4. The molecule has 0 heterocycles. The van der Waals surface area contributed by atoms with Crippen LogP contribution in [0, 0.1) is 0 Å². The van der Waals surface area contributed by atoms with Crippen LogP contribution in [0.15, 0.2) is 54.6 Å². The monoisotopic (exact) mass is 290 g/mol. The fourth-order valence-electron chi connectivity index (χ4n) is 1.54. The molecule has 2 aromatic carbocycles. The molecule has 0 amide bonds. The summed E-state index contributed by atoms with van der Waals surface area (Å²) in [5.41, 5.74) is 1.60. The van der Waals surface area contributed by atoms with Crippen molar-refractivity contribution in [1.82, 2.24) is 0 Å². The number of carbonyl (C=O) groups excluding carboxylic acids is 1. The minimum absolute atomic E-state index is 0.0914. The highest BCUT2D eigenvalue weighted by Crippen LogP contribution is 2.17. The van der Waals surface area contributed by atoms with Gasteiger partial charge in [0, 0.05) is 23.1 Å². The number of aliphatic hydroxyl groups is 1. The van der Waals surface area contributed by atoms with Crippen LogP contribution in [0.1, 0.15) is 29.8 Å². The maximum Gasteiger partial charge on any atom is 0.167 e. The van der Waals surface area contributed by atoms with Crippen LogP contribution in [0.4, 0.5) is 0 Å². The summed E-state index contributed by atoms with van der Waals surface area (Å²) in [6.07, 6.45) is 0.184. The van der Waals surface area contributed by atoms with E-state index >= 15 is 0 Å². The maximum atomic E-state index is 11.9. The van der Waals surface area contributed by atoms with Crippen LogP contribution in [-0.2, 0) is 6.42 Å². The van der Waals surface area contributed by atoms with Gasteiger partial charge in [0.15, 0.2) is 5.78 Å². The molecule has 2 nitrogen and oxygen atoms in total. The van der Waals surface area contributed by atoms with Gasteiger partial charge in [-0.25, -0.2) is 0 Å². The second kappa shape index (κ2) is 8.51. The summed E-state index contributed by atoms with van der Waals surface area (Å²) in [5, 5.41) is 8.70. The Labute approximate surface area is 125 Å². The summed E-state index contributed by atoms with van der Waals surface area (Å²) in [4.78, 5) is 11.9. The zero-order valence-corrected chi connectivity index (χ0v) is 12.5. The molecule has 0 atom stereocenters. The third kappa shape index (κ3) is 6.00. The van der Waals surface area contributed by atoms with E-state index in [4.69, 9.17) is 16.7 Å². The molecular weight excluding hydrogens is 272 g/mol. The van der Waals surface area contributed by atoms with Crippen molar-refractivity contribution < 1.29 is 9.90 Å². The molecule has 2 aromatic rings. The van der Waals surface area contributed by atoms with Gasteiger partial charge in [0.05, 0.1) is 0 Å². The molecule has 0 aliphatic rings. The van der Waals surface area contributed by atoms with Crippen LogP contribution >= 0.6 is 11.6 Å². The molecule has 0 bridgehead atoms. The molecule has 0 saturated carbocycles. The molecule has 2 rings (SSSR count). The highest BCUT2D eigenvalue weighted by atomic mass is 35.5. The molecule has 0 radical (unpaired) electrons. The van der Waals surface area contributed by atoms with Gasteiger partial charge >= 0.3 is 0 Å². The van der Waals surface area contributed by atoms with Gasteiger partial charge in [-0.3, -0.25) is 4.79 Å². The van der Waals surface area contributed by atoms with Crippen molar-refractivity contribution in [3.63, 3.8) is 0 Å². The van der Waals surface area contributed by atoms with Gasteiger partial charge < -0.3 is 5.11 Å². The Bertz CT molecular complexity index is 533. The number of hydrogen-bond acceptors (Lipinski definition) is 2. The van der Waals surface area contributed by atoms with Crippen molar-refractivity contribution in [2.24, 2.45) is 0 Å².